The van der Waals surface area contributed by atoms with Crippen molar-refractivity contribution in [1.82, 2.24) is 0 Å². The standard InChI is InChI=1S/C5H13O3P.Li.H/c1-2-3-4-5-9(6,7)8;;/h2-5H2,1H3,(H2,6,7,8);;/q;+1;-1. The van der Waals surface area contributed by atoms with Crippen molar-refractivity contribution in [3.63, 3.8) is 0 Å². The van der Waals surface area contributed by atoms with Crippen LogP contribution in [-0.4, -0.2) is 15.9 Å². The van der Waals surface area contributed by atoms with Gasteiger partial charge in [0.15, 0.2) is 0 Å². The maximum atomic E-state index is 10.2. The molecular weight excluding hydrogens is 146 g/mol. The monoisotopic (exact) mass is 160 g/mol. The smallest absolute Gasteiger partial charge is 1.00 e. The van der Waals surface area contributed by atoms with Crippen molar-refractivity contribution >= 4 is 7.60 Å². The summed E-state index contributed by atoms with van der Waals surface area (Å²) in [5, 5.41) is 0. The molecule has 0 radical (unpaired) electrons. The molecule has 0 rings (SSSR count). The van der Waals surface area contributed by atoms with Crippen molar-refractivity contribution in [2.75, 3.05) is 6.16 Å². The van der Waals surface area contributed by atoms with Crippen LogP contribution in [-0.2, 0) is 4.57 Å². The van der Waals surface area contributed by atoms with E-state index >= 15 is 0 Å². The van der Waals surface area contributed by atoms with Crippen molar-refractivity contribution in [1.29, 1.82) is 0 Å². The van der Waals surface area contributed by atoms with Gasteiger partial charge in [0.2, 0.25) is 0 Å². The Hall–Kier alpha value is 0.747. The summed E-state index contributed by atoms with van der Waals surface area (Å²) in [6.07, 6.45) is 2.59. The van der Waals surface area contributed by atoms with Crippen LogP contribution in [0.3, 0.4) is 0 Å². The fraction of sp³-hybridized carbons (Fsp3) is 1.00. The Balaban J connectivity index is -0.000000320. The van der Waals surface area contributed by atoms with E-state index in [9.17, 15) is 4.57 Å². The van der Waals surface area contributed by atoms with Crippen molar-refractivity contribution in [2.45, 2.75) is 26.2 Å². The molecule has 0 saturated carbocycles. The van der Waals surface area contributed by atoms with Crippen molar-refractivity contribution in [3.05, 3.63) is 0 Å². The van der Waals surface area contributed by atoms with E-state index < -0.39 is 7.60 Å². The second-order valence-corrected chi connectivity index (χ2v) is 3.87. The van der Waals surface area contributed by atoms with Crippen molar-refractivity contribution in [3.8, 4) is 0 Å². The Bertz CT molecular complexity index is 116. The van der Waals surface area contributed by atoms with Gasteiger partial charge in [-0.25, -0.2) is 0 Å². The molecule has 0 atom stereocenters. The van der Waals surface area contributed by atoms with Gasteiger partial charge in [-0.2, -0.15) is 0 Å². The molecular formula is C5H14LiO3P. The molecule has 0 saturated heterocycles. The van der Waals surface area contributed by atoms with Gasteiger partial charge >= 0.3 is 26.5 Å². The second kappa shape index (κ2) is 6.46. The average molecular weight is 160 g/mol. The van der Waals surface area contributed by atoms with E-state index in [4.69, 9.17) is 9.79 Å². The largest absolute Gasteiger partial charge is 1.00 e. The van der Waals surface area contributed by atoms with E-state index in [1.807, 2.05) is 6.92 Å². The van der Waals surface area contributed by atoms with Gasteiger partial charge in [0.05, 0.1) is 0 Å². The predicted molar refractivity (Wildman–Crippen MR) is 37.5 cm³/mol. The van der Waals surface area contributed by atoms with Gasteiger partial charge < -0.3 is 11.2 Å². The van der Waals surface area contributed by atoms with Crippen molar-refractivity contribution in [2.24, 2.45) is 0 Å². The van der Waals surface area contributed by atoms with Crippen LogP contribution in [0.25, 0.3) is 0 Å². The second-order valence-electron chi connectivity index (χ2n) is 2.10. The summed E-state index contributed by atoms with van der Waals surface area (Å²) in [6.45, 7) is 2.00. The van der Waals surface area contributed by atoms with Gasteiger partial charge in [-0.3, -0.25) is 4.57 Å². The van der Waals surface area contributed by atoms with E-state index in [0.29, 0.717) is 6.42 Å². The zero-order valence-electron chi connectivity index (χ0n) is 7.58. The molecule has 0 amide bonds. The first kappa shape index (κ1) is 13.3. The van der Waals surface area contributed by atoms with Crippen LogP contribution in [0.1, 0.15) is 27.6 Å². The Morgan fingerprint density at radius 3 is 2.20 bits per heavy atom. The minimum absolute atomic E-state index is 0. The molecule has 0 aliphatic heterocycles. The van der Waals surface area contributed by atoms with Crippen LogP contribution in [0.2, 0.25) is 0 Å². The maximum Gasteiger partial charge on any atom is 1.00 e. The van der Waals surface area contributed by atoms with Crippen molar-refractivity contribution < 1.29 is 34.6 Å². The fourth-order valence-electron chi connectivity index (χ4n) is 0.568. The average Bonchev–Trinajstić information content (AvgIpc) is 1.63. The van der Waals surface area contributed by atoms with Gasteiger partial charge in [-0.05, 0) is 6.42 Å². The molecule has 0 aromatic carbocycles. The summed E-state index contributed by atoms with van der Waals surface area (Å²) in [5.41, 5.74) is 0. The first-order valence-corrected chi connectivity index (χ1v) is 4.90. The summed E-state index contributed by atoms with van der Waals surface area (Å²) in [6, 6.07) is 0. The van der Waals surface area contributed by atoms with Gasteiger partial charge in [0.1, 0.15) is 0 Å². The number of hydrogen-bond donors (Lipinski definition) is 2. The zero-order chi connectivity index (χ0) is 7.33. The molecule has 0 bridgehead atoms. The number of rotatable bonds is 4. The molecule has 5 heteroatoms. The van der Waals surface area contributed by atoms with E-state index in [0.717, 1.165) is 12.8 Å². The van der Waals surface area contributed by atoms with E-state index in [-0.39, 0.29) is 26.4 Å². The molecule has 0 unspecified atom stereocenters. The Kier molecular flexibility index (Phi) is 8.62. The molecule has 3 nitrogen and oxygen atoms in total. The van der Waals surface area contributed by atoms with E-state index in [2.05, 4.69) is 0 Å². The number of unbranched alkanes of at least 4 members (excludes halogenated alkanes) is 2. The molecule has 0 aliphatic rings. The molecule has 0 heterocycles. The fourth-order valence-corrected chi connectivity index (χ4v) is 1.20. The minimum Gasteiger partial charge on any atom is -1.00 e. The first-order valence-electron chi connectivity index (χ1n) is 3.11. The topological polar surface area (TPSA) is 57.5 Å². The third-order valence-corrected chi connectivity index (χ3v) is 1.95. The van der Waals surface area contributed by atoms with Crippen LogP contribution in [0, 0.1) is 0 Å². The molecule has 0 spiro atoms. The molecule has 0 aliphatic carbocycles. The molecule has 58 valence electrons. The molecule has 0 aromatic heterocycles. The molecule has 2 N–H and O–H groups in total. The van der Waals surface area contributed by atoms with Crippen LogP contribution in [0.4, 0.5) is 0 Å². The van der Waals surface area contributed by atoms with E-state index in [1.54, 1.807) is 0 Å². The van der Waals surface area contributed by atoms with Crippen LogP contribution < -0.4 is 18.9 Å². The predicted octanol–water partition coefficient (Wildman–Crippen LogP) is -1.53. The Labute approximate surface area is 75.0 Å². The summed E-state index contributed by atoms with van der Waals surface area (Å²) in [4.78, 5) is 16.7. The Morgan fingerprint density at radius 1 is 1.40 bits per heavy atom. The van der Waals surface area contributed by atoms with Gasteiger partial charge in [-0.15, -0.1) is 0 Å². The van der Waals surface area contributed by atoms with Crippen LogP contribution in [0.15, 0.2) is 0 Å². The third kappa shape index (κ3) is 11.5. The third-order valence-electron chi connectivity index (χ3n) is 1.05. The normalized spacial score (nSPS) is 10.7. The molecule has 0 fully saturated rings. The van der Waals surface area contributed by atoms with Crippen LogP contribution in [0.5, 0.6) is 0 Å². The maximum absolute atomic E-state index is 10.2. The quantitative estimate of drug-likeness (QED) is 0.298. The zero-order valence-corrected chi connectivity index (χ0v) is 7.47. The van der Waals surface area contributed by atoms with Gasteiger partial charge in [-0.1, -0.05) is 19.8 Å². The van der Waals surface area contributed by atoms with Crippen LogP contribution >= 0.6 is 7.60 Å². The minimum atomic E-state index is -3.70. The Morgan fingerprint density at radius 2 is 1.90 bits per heavy atom. The molecule has 0 aromatic rings. The summed E-state index contributed by atoms with van der Waals surface area (Å²) < 4.78 is 10.2. The van der Waals surface area contributed by atoms with Gasteiger partial charge in [0.25, 0.3) is 0 Å². The summed E-state index contributed by atoms with van der Waals surface area (Å²) in [7, 11) is -3.70. The van der Waals surface area contributed by atoms with Gasteiger partial charge in [0, 0.05) is 6.16 Å². The molecule has 10 heavy (non-hydrogen) atoms. The number of hydrogen-bond acceptors (Lipinski definition) is 1. The first-order chi connectivity index (χ1) is 4.06. The summed E-state index contributed by atoms with van der Waals surface area (Å²) in [5.74, 6) is 0. The van der Waals surface area contributed by atoms with E-state index in [1.165, 1.54) is 0 Å². The SMILES string of the molecule is CCCCCP(=O)(O)O.[H-].[Li+]. The summed E-state index contributed by atoms with van der Waals surface area (Å²) >= 11 is 0.